The second-order valence-electron chi connectivity index (χ2n) is 21.2. The highest BCUT2D eigenvalue weighted by molar-refractivity contribution is 5.96. The normalized spacial score (nSPS) is 23.9. The number of esters is 1. The van der Waals surface area contributed by atoms with E-state index in [2.05, 4.69) is 70.6 Å². The first-order valence-corrected chi connectivity index (χ1v) is 24.8. The van der Waals surface area contributed by atoms with Crippen LogP contribution in [0.1, 0.15) is 96.6 Å². The highest BCUT2D eigenvalue weighted by atomic mass is 16.5. The molecule has 15 nitrogen and oxygen atoms in total. The second-order valence-corrected chi connectivity index (χ2v) is 21.2. The van der Waals surface area contributed by atoms with Crippen LogP contribution in [0.5, 0.6) is 5.75 Å². The number of piperidine rings is 1. The van der Waals surface area contributed by atoms with E-state index in [0.717, 1.165) is 96.5 Å². The van der Waals surface area contributed by atoms with Crippen LogP contribution in [0.15, 0.2) is 54.7 Å². The van der Waals surface area contributed by atoms with E-state index in [0.29, 0.717) is 37.9 Å². The number of methoxy groups -OCH3 is 1. The number of aryl methyl sites for hydroxylation is 1. The molecule has 0 saturated carbocycles. The number of phenols is 1. The number of carbonyl (C=O) groups is 4. The van der Waals surface area contributed by atoms with Crippen LogP contribution >= 0.6 is 0 Å². The minimum absolute atomic E-state index is 0.0280. The minimum Gasteiger partial charge on any atom is -0.508 e. The summed E-state index contributed by atoms with van der Waals surface area (Å²) >= 11 is 0. The van der Waals surface area contributed by atoms with Crippen molar-refractivity contribution in [3.63, 3.8) is 0 Å². The van der Waals surface area contributed by atoms with Crippen molar-refractivity contribution in [2.75, 3.05) is 53.0 Å². The van der Waals surface area contributed by atoms with Gasteiger partial charge in [-0.2, -0.15) is 0 Å². The molecule has 1 spiro atoms. The first-order valence-electron chi connectivity index (χ1n) is 24.8. The van der Waals surface area contributed by atoms with Crippen LogP contribution in [0.2, 0.25) is 0 Å². The topological polar surface area (TPSA) is 181 Å². The Kier molecular flexibility index (Phi) is 13.5. The Morgan fingerprint density at radius 3 is 2.50 bits per heavy atom. The number of cyclic esters (lactones) is 1. The molecule has 364 valence electrons. The van der Waals surface area contributed by atoms with Crippen LogP contribution < -0.4 is 16.1 Å². The van der Waals surface area contributed by atoms with Gasteiger partial charge in [0.15, 0.2) is 0 Å². The lowest BCUT2D eigenvalue weighted by Crippen LogP contribution is -2.62. The maximum absolute atomic E-state index is 14.8. The molecular formula is C53H70N8O7. The smallest absolute Gasteiger partial charge is 0.324 e. The van der Waals surface area contributed by atoms with Gasteiger partial charge in [-0.15, -0.1) is 0 Å². The summed E-state index contributed by atoms with van der Waals surface area (Å²) in [6.07, 6.45) is 6.01. The lowest BCUT2D eigenvalue weighted by Gasteiger charge is -2.40. The van der Waals surface area contributed by atoms with Gasteiger partial charge in [0.1, 0.15) is 17.8 Å². The van der Waals surface area contributed by atoms with E-state index in [1.165, 1.54) is 5.01 Å². The average molecular weight is 931 g/mol. The number of hydrazine groups is 1. The molecule has 4 N–H and O–H groups in total. The number of benzene rings is 2. The van der Waals surface area contributed by atoms with Crippen LogP contribution in [0.4, 0.5) is 0 Å². The van der Waals surface area contributed by atoms with Crippen molar-refractivity contribution in [1.29, 1.82) is 0 Å². The highest BCUT2D eigenvalue weighted by Crippen LogP contribution is 2.44. The van der Waals surface area contributed by atoms with Gasteiger partial charge < -0.3 is 34.7 Å². The molecule has 4 aromatic rings. The van der Waals surface area contributed by atoms with Crippen molar-refractivity contribution in [3.05, 3.63) is 71.5 Å². The van der Waals surface area contributed by atoms with Gasteiger partial charge in [0.25, 0.3) is 5.91 Å². The Morgan fingerprint density at radius 1 is 1.01 bits per heavy atom. The number of aromatic hydroxyl groups is 1. The molecule has 9 rings (SSSR count). The van der Waals surface area contributed by atoms with Crippen molar-refractivity contribution < 1.29 is 33.8 Å². The van der Waals surface area contributed by atoms with Crippen LogP contribution in [-0.4, -0.2) is 130 Å². The largest absolute Gasteiger partial charge is 0.508 e. The van der Waals surface area contributed by atoms with E-state index in [1.54, 1.807) is 25.4 Å². The van der Waals surface area contributed by atoms with Gasteiger partial charge in [-0.1, -0.05) is 39.8 Å². The predicted octanol–water partition coefficient (Wildman–Crippen LogP) is 5.76. The number of likely N-dealkylation sites (tertiary alicyclic amines) is 2. The summed E-state index contributed by atoms with van der Waals surface area (Å²) in [5.41, 5.74) is 10.0. The van der Waals surface area contributed by atoms with E-state index in [9.17, 15) is 24.3 Å². The fraction of sp³-hybridized carbons (Fsp3) is 0.566. The molecule has 5 aliphatic heterocycles. The van der Waals surface area contributed by atoms with E-state index in [4.69, 9.17) is 14.5 Å². The molecule has 6 bridgehead atoms. The molecule has 5 atom stereocenters. The van der Waals surface area contributed by atoms with Crippen LogP contribution in [0, 0.1) is 16.7 Å². The zero-order valence-corrected chi connectivity index (χ0v) is 40.9. The molecule has 5 aliphatic rings. The number of ether oxygens (including phenoxy) is 2. The summed E-state index contributed by atoms with van der Waals surface area (Å²) in [5, 5.41) is 20.3. The molecule has 0 unspecified atom stereocenters. The Bertz CT molecular complexity index is 2560. The number of rotatable bonds is 9. The number of nitrogens with one attached hydrogen (secondary N) is 3. The molecule has 15 heteroatoms. The van der Waals surface area contributed by atoms with Crippen LogP contribution in [-0.2, 0) is 48.0 Å². The van der Waals surface area contributed by atoms with Gasteiger partial charge >= 0.3 is 5.97 Å². The van der Waals surface area contributed by atoms with E-state index < -0.39 is 29.5 Å². The van der Waals surface area contributed by atoms with Crippen molar-refractivity contribution in [2.24, 2.45) is 16.7 Å². The maximum atomic E-state index is 14.8. The van der Waals surface area contributed by atoms with Crippen molar-refractivity contribution >= 4 is 34.6 Å². The lowest BCUT2D eigenvalue weighted by atomic mass is 9.77. The number of nitrogens with zero attached hydrogens (tertiary/aromatic N) is 5. The third-order valence-electron chi connectivity index (χ3n) is 15.3. The first-order chi connectivity index (χ1) is 32.6. The Labute approximate surface area is 400 Å². The summed E-state index contributed by atoms with van der Waals surface area (Å²) in [7, 11) is 1.69. The Balaban J connectivity index is 1.07. The molecule has 2 aromatic carbocycles. The Morgan fingerprint density at radius 2 is 1.78 bits per heavy atom. The third-order valence-corrected chi connectivity index (χ3v) is 15.3. The molecule has 0 aliphatic carbocycles. The summed E-state index contributed by atoms with van der Waals surface area (Å²) in [5.74, 6) is -0.833. The monoisotopic (exact) mass is 931 g/mol. The van der Waals surface area contributed by atoms with Crippen LogP contribution in [0.25, 0.3) is 33.3 Å². The van der Waals surface area contributed by atoms with Gasteiger partial charge in [0, 0.05) is 80.9 Å². The lowest BCUT2D eigenvalue weighted by molar-refractivity contribution is -0.155. The number of hydrogen-bond acceptors (Lipinski definition) is 11. The number of amides is 3. The molecular weight excluding hydrogens is 861 g/mol. The number of fused-ring (bicyclic) bond motifs is 6. The van der Waals surface area contributed by atoms with Crippen molar-refractivity contribution in [2.45, 2.75) is 123 Å². The molecule has 2 aromatic heterocycles. The fourth-order valence-corrected chi connectivity index (χ4v) is 11.5. The molecule has 0 radical (unpaired) electrons. The zero-order valence-electron chi connectivity index (χ0n) is 40.9. The van der Waals surface area contributed by atoms with Crippen molar-refractivity contribution in [1.82, 2.24) is 40.4 Å². The highest BCUT2D eigenvalue weighted by Gasteiger charge is 2.47. The van der Waals surface area contributed by atoms with Crippen LogP contribution in [0.3, 0.4) is 0 Å². The average Bonchev–Trinajstić information content (AvgIpc) is 4.05. The van der Waals surface area contributed by atoms with E-state index in [-0.39, 0.29) is 60.0 Å². The van der Waals surface area contributed by atoms with Gasteiger partial charge in [0.05, 0.1) is 36.2 Å². The number of hydrogen-bond donors (Lipinski definition) is 4. The Hall–Kier alpha value is -5.35. The summed E-state index contributed by atoms with van der Waals surface area (Å²) in [6, 6.07) is 13.5. The second kappa shape index (κ2) is 19.2. The van der Waals surface area contributed by atoms with E-state index >= 15 is 0 Å². The number of pyridine rings is 1. The number of aromatic nitrogens is 2. The number of carbonyl (C=O) groups excluding carboxylic acids is 4. The van der Waals surface area contributed by atoms with Gasteiger partial charge in [0.2, 0.25) is 11.8 Å². The summed E-state index contributed by atoms with van der Waals surface area (Å²) in [6.45, 7) is 17.3. The van der Waals surface area contributed by atoms with Gasteiger partial charge in [-0.25, -0.2) is 5.43 Å². The van der Waals surface area contributed by atoms with Crippen molar-refractivity contribution in [3.8, 4) is 28.1 Å². The predicted molar refractivity (Wildman–Crippen MR) is 260 cm³/mol. The van der Waals surface area contributed by atoms with Gasteiger partial charge in [-0.3, -0.25) is 34.1 Å². The fourth-order valence-electron chi connectivity index (χ4n) is 11.5. The maximum Gasteiger partial charge on any atom is 0.324 e. The number of phenolic OH excluding ortho intramolecular Hbond substituents is 1. The third kappa shape index (κ3) is 9.64. The summed E-state index contributed by atoms with van der Waals surface area (Å²) < 4.78 is 14.3. The minimum atomic E-state index is -1.02. The van der Waals surface area contributed by atoms with E-state index in [1.807, 2.05) is 37.8 Å². The SMILES string of the molecule is CCn1c(-c2cccnc2[C@H](C)OC)c2c3cc(ccc31)-c1cc(O)cc(c1)C[C@H](NC(=O)[C@H](C(C)C)N1CCC3(CCN(C(=O)[C@@H]4CN4)CC3)C1)C(=O)N1CCC[C@H](N1)C(=O)OCC(C)(C)C2. The molecule has 3 amide bonds. The zero-order chi connectivity index (χ0) is 48.1. The van der Waals surface area contributed by atoms with Gasteiger partial charge in [-0.05, 0) is 129 Å². The molecule has 68 heavy (non-hydrogen) atoms. The quantitative estimate of drug-likeness (QED) is 0.118. The summed E-state index contributed by atoms with van der Waals surface area (Å²) in [4.78, 5) is 65.5. The molecule has 4 saturated heterocycles. The molecule has 7 heterocycles. The first kappa shape index (κ1) is 47.7. The molecule has 4 fully saturated rings. The standard InChI is InChI=1S/C53H70N8O7/c1-8-60-44-14-13-35-27-39(44)40(47(60)38-11-9-18-54-45(38)33(4)67-7)28-52(5,6)31-68-51(66)41-12-10-19-61(57-41)50(65)42(25-34-23-36(35)26-37(62)24-34)56-48(63)46(32(2)3)59-22-17-53(30-59)15-20-58(21-16-53)49(64)43-29-55-43/h9,11,13-14,18,23-24,26-27,32-33,41-43,46,55,57,62H,8,10,12,15-17,19-22,25,28-31H2,1-7H3,(H,56,63)/t33-,41-,42-,43-,46-/m0/s1.